The molecule has 0 bridgehead atoms. The molecule has 0 fully saturated rings. The summed E-state index contributed by atoms with van der Waals surface area (Å²) in [6, 6.07) is 11.9. The molecule has 1 aromatic carbocycles. The first-order chi connectivity index (χ1) is 6.99. The summed E-state index contributed by atoms with van der Waals surface area (Å²) in [6.07, 6.45) is 0. The molecular formula is C12H18SSeSi. The fraction of sp³-hybridized carbons (Fsp3) is 0.417. The predicted octanol–water partition coefficient (Wildman–Crippen LogP) is 3.40. The number of hydrogen-bond acceptors (Lipinski definition) is 1. The molecule has 0 aromatic heterocycles. The molecule has 0 spiro atoms. The van der Waals surface area contributed by atoms with E-state index in [4.69, 9.17) is 0 Å². The van der Waals surface area contributed by atoms with Gasteiger partial charge in [-0.1, -0.05) is 0 Å². The Hall–Kier alpha value is 0.176. The van der Waals surface area contributed by atoms with Crippen LogP contribution < -0.4 is 0 Å². The van der Waals surface area contributed by atoms with Crippen molar-refractivity contribution < 1.29 is 0 Å². The third-order valence-electron chi connectivity index (χ3n) is 2.09. The van der Waals surface area contributed by atoms with Gasteiger partial charge in [0.25, 0.3) is 0 Å². The third kappa shape index (κ3) is 5.72. The predicted molar refractivity (Wildman–Crippen MR) is 76.9 cm³/mol. The molecule has 1 rings (SSSR count). The molecule has 0 aliphatic heterocycles. The van der Waals surface area contributed by atoms with E-state index in [0.29, 0.717) is 0 Å². The Kier molecular flexibility index (Phi) is 5.34. The Morgan fingerprint density at radius 2 is 1.80 bits per heavy atom. The minimum absolute atomic E-state index is 0.873. The van der Waals surface area contributed by atoms with Crippen LogP contribution in [-0.2, 0) is 0 Å². The molecule has 0 saturated heterocycles. The summed E-state index contributed by atoms with van der Waals surface area (Å²) in [4.78, 5) is 0. The van der Waals surface area contributed by atoms with Gasteiger partial charge in [-0.15, -0.1) is 0 Å². The first kappa shape index (κ1) is 13.2. The molecule has 0 heterocycles. The molecule has 3 heteroatoms. The van der Waals surface area contributed by atoms with Crippen molar-refractivity contribution in [1.82, 2.24) is 0 Å². The second kappa shape index (κ2) is 6.05. The van der Waals surface area contributed by atoms with Crippen LogP contribution in [0.1, 0.15) is 5.56 Å². The van der Waals surface area contributed by atoms with Gasteiger partial charge in [-0.3, -0.25) is 0 Å². The van der Waals surface area contributed by atoms with Crippen LogP contribution in [0.25, 0.3) is 0 Å². The van der Waals surface area contributed by atoms with Gasteiger partial charge in [0.15, 0.2) is 0 Å². The molecule has 0 aliphatic rings. The van der Waals surface area contributed by atoms with Gasteiger partial charge in [0.05, 0.1) is 0 Å². The summed E-state index contributed by atoms with van der Waals surface area (Å²) >= 11 is 5.13. The molecule has 15 heavy (non-hydrogen) atoms. The Morgan fingerprint density at radius 3 is 2.33 bits per heavy atom. The van der Waals surface area contributed by atoms with Crippen LogP contribution in [0.5, 0.6) is 0 Å². The van der Waals surface area contributed by atoms with Crippen LogP contribution in [0.2, 0.25) is 25.7 Å². The van der Waals surface area contributed by atoms with E-state index in [1.807, 2.05) is 11.8 Å². The first-order valence-electron chi connectivity index (χ1n) is 5.21. The Balaban J connectivity index is 2.38. The van der Waals surface area contributed by atoms with E-state index in [1.165, 1.54) is 21.1 Å². The van der Waals surface area contributed by atoms with E-state index in [1.54, 1.807) is 0 Å². The summed E-state index contributed by atoms with van der Waals surface area (Å²) in [5, 5.41) is 0. The molecule has 0 atom stereocenters. The van der Waals surface area contributed by atoms with E-state index in [2.05, 4.69) is 65.5 Å². The quantitative estimate of drug-likeness (QED) is 0.751. The Bertz CT molecular complexity index is 316. The van der Waals surface area contributed by atoms with Gasteiger partial charge in [0, 0.05) is 0 Å². The van der Waals surface area contributed by atoms with Gasteiger partial charge >= 0.3 is 106 Å². The van der Waals surface area contributed by atoms with Crippen LogP contribution in [0, 0.1) is 0 Å². The van der Waals surface area contributed by atoms with Crippen LogP contribution in [-0.4, -0.2) is 33.2 Å². The molecule has 0 unspecified atom stereocenters. The molecule has 0 saturated carbocycles. The average Bonchev–Trinajstić information content (AvgIpc) is 2.17. The number of hydrogen-bond donors (Lipinski definition) is 0. The zero-order valence-corrected chi connectivity index (χ0v) is 13.1. The molecular weight excluding hydrogens is 283 g/mol. The third-order valence-corrected chi connectivity index (χ3v) is 6.35. The molecule has 82 valence electrons. The fourth-order valence-corrected chi connectivity index (χ4v) is 5.26. The normalized spacial score (nSPS) is 11.4. The second-order valence-corrected chi connectivity index (χ2v) is 13.0. The van der Waals surface area contributed by atoms with Gasteiger partial charge in [-0.2, -0.15) is 0 Å². The molecule has 0 amide bonds. The monoisotopic (exact) mass is 302 g/mol. The standard InChI is InChI=1S/C12H18SSeSi/c1-15(2,3)10-9-13-12(14)11-7-5-4-6-8-11/h4-8H,9-10H2,1-3H3. The zero-order chi connectivity index (χ0) is 11.3. The second-order valence-electron chi connectivity index (χ2n) is 4.81. The maximum absolute atomic E-state index is 3.17. The van der Waals surface area contributed by atoms with Gasteiger partial charge in [0.2, 0.25) is 0 Å². The summed E-state index contributed by atoms with van der Waals surface area (Å²) in [5.41, 5.74) is 1.32. The van der Waals surface area contributed by atoms with Crippen molar-refractivity contribution in [3.05, 3.63) is 35.9 Å². The zero-order valence-electron chi connectivity index (χ0n) is 9.62. The van der Waals surface area contributed by atoms with Gasteiger partial charge in [-0.25, -0.2) is 0 Å². The molecule has 0 nitrogen and oxygen atoms in total. The molecule has 0 N–H and O–H groups in total. The van der Waals surface area contributed by atoms with E-state index >= 15 is 0 Å². The van der Waals surface area contributed by atoms with Gasteiger partial charge in [0.1, 0.15) is 0 Å². The summed E-state index contributed by atoms with van der Waals surface area (Å²) in [7, 11) is -0.873. The van der Waals surface area contributed by atoms with Crippen molar-refractivity contribution in [2.45, 2.75) is 25.7 Å². The minimum atomic E-state index is -0.873. The van der Waals surface area contributed by atoms with Crippen molar-refractivity contribution >= 4 is 39.2 Å². The van der Waals surface area contributed by atoms with Crippen LogP contribution in [0.3, 0.4) is 0 Å². The Morgan fingerprint density at radius 1 is 1.20 bits per heavy atom. The van der Waals surface area contributed by atoms with Crippen LogP contribution in [0.4, 0.5) is 0 Å². The number of rotatable bonds is 5. The van der Waals surface area contributed by atoms with Crippen molar-refractivity contribution in [2.24, 2.45) is 0 Å². The van der Waals surface area contributed by atoms with Gasteiger partial charge < -0.3 is 0 Å². The first-order valence-corrected chi connectivity index (χ1v) is 10.8. The summed E-state index contributed by atoms with van der Waals surface area (Å²) in [5.74, 6) is 1.24. The van der Waals surface area contributed by atoms with E-state index in [0.717, 1.165) is 0 Å². The van der Waals surface area contributed by atoms with E-state index in [-0.39, 0.29) is 0 Å². The maximum atomic E-state index is 3.17. The SMILES string of the molecule is C[Si](C)(C)CCSC(=[Se])c1ccccc1. The van der Waals surface area contributed by atoms with Crippen molar-refractivity contribution in [1.29, 1.82) is 0 Å². The van der Waals surface area contributed by atoms with Crippen molar-refractivity contribution in [2.75, 3.05) is 5.75 Å². The average molecular weight is 301 g/mol. The summed E-state index contributed by atoms with van der Waals surface area (Å²) in [6.45, 7) is 7.28. The summed E-state index contributed by atoms with van der Waals surface area (Å²) < 4.78 is 1.33. The van der Waals surface area contributed by atoms with Crippen molar-refractivity contribution in [3.63, 3.8) is 0 Å². The van der Waals surface area contributed by atoms with E-state index < -0.39 is 8.07 Å². The molecule has 0 aliphatic carbocycles. The van der Waals surface area contributed by atoms with Crippen LogP contribution >= 0.6 is 11.8 Å². The number of benzene rings is 1. The molecule has 0 radical (unpaired) electrons. The van der Waals surface area contributed by atoms with Gasteiger partial charge in [-0.05, 0) is 0 Å². The topological polar surface area (TPSA) is 0 Å². The fourth-order valence-electron chi connectivity index (χ4n) is 1.11. The van der Waals surface area contributed by atoms with Crippen LogP contribution in [0.15, 0.2) is 30.3 Å². The number of thioether (sulfide) groups is 1. The Labute approximate surface area is 106 Å². The van der Waals surface area contributed by atoms with E-state index in [9.17, 15) is 0 Å². The molecule has 1 aromatic rings. The van der Waals surface area contributed by atoms with Crippen molar-refractivity contribution in [3.8, 4) is 0 Å².